The highest BCUT2D eigenvalue weighted by Crippen LogP contribution is 2.61. The van der Waals surface area contributed by atoms with Crippen molar-refractivity contribution in [2.45, 2.75) is 58.5 Å². The molecule has 2 saturated carbocycles. The number of carbonyl (C=O) groups is 4. The predicted molar refractivity (Wildman–Crippen MR) is 117 cm³/mol. The summed E-state index contributed by atoms with van der Waals surface area (Å²) in [6, 6.07) is 0. The maximum absolute atomic E-state index is 12.2. The first-order valence-electron chi connectivity index (χ1n) is 10.9. The Morgan fingerprint density at radius 3 is 2.33 bits per heavy atom. The average molecular weight is 465 g/mol. The number of aliphatic hydroxyl groups excluding tert-OH is 1. The molecular weight excluding hydrogens is 432 g/mol. The van der Waals surface area contributed by atoms with Crippen LogP contribution in [0.3, 0.4) is 0 Å². The van der Waals surface area contributed by atoms with Gasteiger partial charge in [-0.1, -0.05) is 38.2 Å². The first-order valence-corrected chi connectivity index (χ1v) is 10.9. The number of hydrogen-bond acceptors (Lipinski definition) is 6. The number of esters is 1. The van der Waals surface area contributed by atoms with Gasteiger partial charge in [-0.2, -0.15) is 0 Å². The summed E-state index contributed by atoms with van der Waals surface area (Å²) in [7, 11) is 0. The number of aliphatic hydroxyl groups is 1. The molecular formula is C24H32O9. The highest BCUT2D eigenvalue weighted by Gasteiger charge is 2.58. The maximum Gasteiger partial charge on any atom is 0.335 e. The van der Waals surface area contributed by atoms with Crippen molar-refractivity contribution in [3.63, 3.8) is 0 Å². The lowest BCUT2D eigenvalue weighted by Gasteiger charge is -2.59. The molecule has 2 fully saturated rings. The van der Waals surface area contributed by atoms with Gasteiger partial charge in [-0.05, 0) is 37.0 Å². The molecule has 0 saturated heterocycles. The maximum atomic E-state index is 12.2. The zero-order valence-electron chi connectivity index (χ0n) is 19.0. The summed E-state index contributed by atoms with van der Waals surface area (Å²) in [6.45, 7) is 7.81. The Balaban J connectivity index is 2.33. The molecule has 182 valence electrons. The highest BCUT2D eigenvalue weighted by atomic mass is 16.5. The van der Waals surface area contributed by atoms with E-state index in [-0.39, 0.29) is 36.9 Å². The quantitative estimate of drug-likeness (QED) is 0.174. The third-order valence-electron chi connectivity index (χ3n) is 7.33. The molecule has 0 aromatic carbocycles. The van der Waals surface area contributed by atoms with Crippen LogP contribution < -0.4 is 0 Å². The van der Waals surface area contributed by atoms with Crippen LogP contribution >= 0.6 is 0 Å². The van der Waals surface area contributed by atoms with Crippen LogP contribution in [0.4, 0.5) is 0 Å². The van der Waals surface area contributed by atoms with E-state index in [2.05, 4.69) is 6.58 Å². The third kappa shape index (κ3) is 5.71. The van der Waals surface area contributed by atoms with Crippen LogP contribution in [0.2, 0.25) is 0 Å². The lowest BCUT2D eigenvalue weighted by atomic mass is 9.46. The van der Waals surface area contributed by atoms with E-state index < -0.39 is 40.8 Å². The third-order valence-corrected chi connectivity index (χ3v) is 7.33. The van der Waals surface area contributed by atoms with Gasteiger partial charge in [0.05, 0.1) is 25.0 Å². The Morgan fingerprint density at radius 2 is 1.79 bits per heavy atom. The molecule has 0 radical (unpaired) electrons. The minimum absolute atomic E-state index is 0.0992. The van der Waals surface area contributed by atoms with E-state index in [0.717, 1.165) is 5.57 Å². The minimum atomic E-state index is -1.36. The van der Waals surface area contributed by atoms with Crippen molar-refractivity contribution in [3.8, 4) is 0 Å². The molecule has 0 aromatic rings. The summed E-state index contributed by atoms with van der Waals surface area (Å²) >= 11 is 0. The summed E-state index contributed by atoms with van der Waals surface area (Å²) in [5.74, 6) is -4.78. The van der Waals surface area contributed by atoms with Crippen molar-refractivity contribution in [1.29, 1.82) is 0 Å². The number of fused-ring (bicyclic) bond motifs is 1. The molecule has 5 atom stereocenters. The second kappa shape index (κ2) is 10.3. The fraction of sp³-hybridized carbons (Fsp3) is 0.583. The molecule has 33 heavy (non-hydrogen) atoms. The van der Waals surface area contributed by atoms with E-state index >= 15 is 0 Å². The number of rotatable bonds is 9. The van der Waals surface area contributed by atoms with E-state index in [1.807, 2.05) is 13.8 Å². The summed E-state index contributed by atoms with van der Waals surface area (Å²) in [6.07, 6.45) is 4.79. The van der Waals surface area contributed by atoms with Crippen LogP contribution in [-0.2, 0) is 23.9 Å². The normalized spacial score (nSPS) is 32.3. The second-order valence-corrected chi connectivity index (χ2v) is 9.41. The molecule has 0 bridgehead atoms. The van der Waals surface area contributed by atoms with Gasteiger partial charge >= 0.3 is 23.9 Å². The van der Waals surface area contributed by atoms with Crippen LogP contribution in [0.15, 0.2) is 36.0 Å². The Labute approximate surface area is 192 Å². The Kier molecular flexibility index (Phi) is 8.24. The number of hydrogen-bond donors (Lipinski definition) is 4. The van der Waals surface area contributed by atoms with Gasteiger partial charge in [0.15, 0.2) is 0 Å². The fourth-order valence-corrected chi connectivity index (χ4v) is 5.61. The van der Waals surface area contributed by atoms with Crippen molar-refractivity contribution in [2.24, 2.45) is 22.7 Å². The van der Waals surface area contributed by atoms with Crippen LogP contribution in [0, 0.1) is 22.7 Å². The number of aliphatic carboxylic acids is 3. The molecule has 0 aliphatic heterocycles. The smallest absolute Gasteiger partial charge is 0.335 e. The number of allylic oxidation sites excluding steroid dienone is 2. The van der Waals surface area contributed by atoms with Gasteiger partial charge < -0.3 is 25.2 Å². The average Bonchev–Trinajstić information content (AvgIpc) is 2.72. The number of ether oxygens (including phenoxy) is 1. The first kappa shape index (κ1) is 26.3. The van der Waals surface area contributed by atoms with Crippen LogP contribution in [0.1, 0.15) is 52.4 Å². The van der Waals surface area contributed by atoms with E-state index in [0.29, 0.717) is 31.8 Å². The molecule has 2 aliphatic rings. The van der Waals surface area contributed by atoms with Gasteiger partial charge in [-0.15, -0.1) is 0 Å². The lowest BCUT2D eigenvalue weighted by Crippen LogP contribution is -2.58. The molecule has 9 heteroatoms. The second-order valence-electron chi connectivity index (χ2n) is 9.41. The van der Waals surface area contributed by atoms with E-state index in [9.17, 15) is 29.4 Å². The number of carboxylic acid groups (broad SMARTS) is 3. The molecule has 0 aromatic heterocycles. The largest absolute Gasteiger partial charge is 0.481 e. The highest BCUT2D eigenvalue weighted by molar-refractivity contribution is 5.97. The molecule has 0 amide bonds. The molecule has 2 rings (SSSR count). The summed E-state index contributed by atoms with van der Waals surface area (Å²) < 4.78 is 5.62. The summed E-state index contributed by atoms with van der Waals surface area (Å²) in [4.78, 5) is 45.3. The van der Waals surface area contributed by atoms with Crippen molar-refractivity contribution in [2.75, 3.05) is 6.61 Å². The van der Waals surface area contributed by atoms with Crippen LogP contribution in [-0.4, -0.2) is 57.0 Å². The number of carboxylic acids is 3. The summed E-state index contributed by atoms with van der Waals surface area (Å²) in [5.41, 5.74) is -0.681. The molecule has 9 nitrogen and oxygen atoms in total. The zero-order chi connectivity index (χ0) is 25.0. The van der Waals surface area contributed by atoms with Crippen molar-refractivity contribution in [1.82, 2.24) is 0 Å². The van der Waals surface area contributed by atoms with Crippen molar-refractivity contribution in [3.05, 3.63) is 36.0 Å². The van der Waals surface area contributed by atoms with Gasteiger partial charge in [0, 0.05) is 17.4 Å². The van der Waals surface area contributed by atoms with E-state index in [1.165, 1.54) is 6.08 Å². The number of carbonyl (C=O) groups excluding carboxylic acids is 1. The Hall–Kier alpha value is -2.94. The van der Waals surface area contributed by atoms with Crippen LogP contribution in [0.5, 0.6) is 0 Å². The standard InChI is InChI=1S/C24H32O9/c1-14-4-7-17-23(2,16(14)6-5-15(22(31)32)12-20(28)29)11-10-18(24(17,3)13-25)33-21(30)9-8-19(26)27/h5-6,12,16-18,25H,1,4,7-11,13H2,2-3H3,(H,26,27)(H,28,29)(H,31,32)/b6-5+,15-12-. The van der Waals surface area contributed by atoms with Gasteiger partial charge in [0.25, 0.3) is 0 Å². The first-order chi connectivity index (χ1) is 15.3. The minimum Gasteiger partial charge on any atom is -0.481 e. The SMILES string of the molecule is C=C1CCC2C(C)(CO)C(OC(=O)CCC(=O)O)CCC2(C)C1/C=C/C(=C/C(=O)O)C(=O)O. The molecule has 0 heterocycles. The lowest BCUT2D eigenvalue weighted by molar-refractivity contribution is -0.185. The van der Waals surface area contributed by atoms with Crippen molar-refractivity contribution >= 4 is 23.9 Å². The molecule has 2 aliphatic carbocycles. The predicted octanol–water partition coefficient (Wildman–Crippen LogP) is 2.80. The monoisotopic (exact) mass is 464 g/mol. The van der Waals surface area contributed by atoms with Gasteiger partial charge in [-0.25, -0.2) is 9.59 Å². The van der Waals surface area contributed by atoms with E-state index in [4.69, 9.17) is 14.9 Å². The Morgan fingerprint density at radius 1 is 1.12 bits per heavy atom. The Bertz CT molecular complexity index is 886. The molecule has 4 N–H and O–H groups in total. The van der Waals surface area contributed by atoms with Gasteiger partial charge in [0.2, 0.25) is 0 Å². The topological polar surface area (TPSA) is 158 Å². The zero-order valence-corrected chi connectivity index (χ0v) is 19.0. The molecule has 5 unspecified atom stereocenters. The fourth-order valence-electron chi connectivity index (χ4n) is 5.61. The van der Waals surface area contributed by atoms with Gasteiger partial charge in [0.1, 0.15) is 6.10 Å². The van der Waals surface area contributed by atoms with Gasteiger partial charge in [-0.3, -0.25) is 9.59 Å². The van der Waals surface area contributed by atoms with Crippen LogP contribution in [0.25, 0.3) is 0 Å². The van der Waals surface area contributed by atoms with Crippen molar-refractivity contribution < 1.29 is 44.3 Å². The van der Waals surface area contributed by atoms with E-state index in [1.54, 1.807) is 6.08 Å². The molecule has 0 spiro atoms. The summed E-state index contributed by atoms with van der Waals surface area (Å²) in [5, 5.41) is 37.4.